The second-order valence-corrected chi connectivity index (χ2v) is 13.8. The lowest BCUT2D eigenvalue weighted by atomic mass is 10.0. The molecule has 236 valence electrons. The molecule has 1 unspecified atom stereocenters. The summed E-state index contributed by atoms with van der Waals surface area (Å²) in [5.41, 5.74) is 9.01. The van der Waals surface area contributed by atoms with Crippen LogP contribution in [-0.4, -0.2) is 77.1 Å². The van der Waals surface area contributed by atoms with Gasteiger partial charge in [0.15, 0.2) is 11.2 Å². The highest BCUT2D eigenvalue weighted by molar-refractivity contribution is 8.01. The van der Waals surface area contributed by atoms with E-state index in [-0.39, 0.29) is 5.70 Å². The van der Waals surface area contributed by atoms with Gasteiger partial charge in [0.2, 0.25) is 5.16 Å². The zero-order valence-corrected chi connectivity index (χ0v) is 27.9. The number of fused-ring (bicyclic) bond motifs is 1. The van der Waals surface area contributed by atoms with Crippen LogP contribution in [0.15, 0.2) is 87.9 Å². The van der Waals surface area contributed by atoms with Crippen molar-refractivity contribution in [2.45, 2.75) is 22.7 Å². The molecule has 16 heteroatoms. The Bertz CT molecular complexity index is 1770. The highest BCUT2D eigenvalue weighted by Crippen LogP contribution is 2.43. The molecular weight excluding hydrogens is 665 g/mol. The van der Waals surface area contributed by atoms with Crippen LogP contribution in [0.5, 0.6) is 0 Å². The van der Waals surface area contributed by atoms with Crippen LogP contribution < -0.4 is 11.1 Å². The van der Waals surface area contributed by atoms with Gasteiger partial charge in [0.05, 0.1) is 11.3 Å². The van der Waals surface area contributed by atoms with E-state index in [2.05, 4.69) is 25.8 Å². The van der Waals surface area contributed by atoms with Crippen molar-refractivity contribution in [1.29, 1.82) is 0 Å². The Morgan fingerprint density at radius 1 is 1.15 bits per heavy atom. The van der Waals surface area contributed by atoms with Crippen LogP contribution in [0.25, 0.3) is 5.57 Å². The summed E-state index contributed by atoms with van der Waals surface area (Å²) in [5.74, 6) is -0.699. The van der Waals surface area contributed by atoms with Gasteiger partial charge in [-0.3, -0.25) is 14.5 Å². The van der Waals surface area contributed by atoms with Gasteiger partial charge in [-0.25, -0.2) is 14.5 Å². The third kappa shape index (κ3) is 6.56. The minimum atomic E-state index is -0.849. The molecule has 4 aromatic rings. The monoisotopic (exact) mass is 692 g/mol. The number of carbonyl (C=O) groups is 3. The van der Waals surface area contributed by atoms with Crippen LogP contribution in [-0.2, 0) is 26.2 Å². The zero-order chi connectivity index (χ0) is 32.2. The van der Waals surface area contributed by atoms with Crippen LogP contribution >= 0.6 is 46.6 Å². The van der Waals surface area contributed by atoms with Crippen molar-refractivity contribution in [3.63, 3.8) is 0 Å². The van der Waals surface area contributed by atoms with Crippen molar-refractivity contribution in [2.75, 3.05) is 23.5 Å². The summed E-state index contributed by atoms with van der Waals surface area (Å²) in [7, 11) is 1.73. The van der Waals surface area contributed by atoms with Gasteiger partial charge in [0, 0.05) is 23.9 Å². The number of nitrogens with two attached hydrogens (primary N) is 1. The molecular formula is C30H28N8O4S4. The van der Waals surface area contributed by atoms with Crippen molar-refractivity contribution >= 4 is 75.1 Å². The highest BCUT2D eigenvalue weighted by atomic mass is 32.2. The number of hydrogen-bond acceptors (Lipinski definition) is 13. The predicted octanol–water partition coefficient (Wildman–Crippen LogP) is 3.73. The smallest absolute Gasteiger partial charge is 0.356 e. The number of aryl methyl sites for hydroxylation is 1. The summed E-state index contributed by atoms with van der Waals surface area (Å²) in [4.78, 5) is 47.0. The average molecular weight is 693 g/mol. The molecule has 0 saturated carbocycles. The van der Waals surface area contributed by atoms with Crippen LogP contribution in [0.3, 0.4) is 0 Å². The number of nitrogens with one attached hydrogen (secondary N) is 1. The lowest BCUT2D eigenvalue weighted by molar-refractivity contribution is -0.154. The standard InChI is InChI=1S/C30H28N8O4S4/c1-37-30(34-35-36-37)46-14-19-13-44-27-22(33-25(39)20(15-43-2)21-16-45-29(31)32-21)26(40)38(27)23(19)28(41)42-24(17-9-5-3-6-10-17)18-11-7-4-8-12-18/h3-12,15-16,22,24,27H,13-14H2,1-2H3,(H2,31,32)(H,33,39)/t22?,27-/m0/s1. The van der Waals surface area contributed by atoms with E-state index in [9.17, 15) is 14.4 Å². The Hall–Kier alpha value is -4.12. The van der Waals surface area contributed by atoms with E-state index < -0.39 is 35.3 Å². The van der Waals surface area contributed by atoms with E-state index in [1.165, 1.54) is 51.5 Å². The molecule has 0 radical (unpaired) electrons. The van der Waals surface area contributed by atoms with Crippen molar-refractivity contribution in [3.05, 3.63) is 99.5 Å². The maximum atomic E-state index is 14.2. The molecule has 2 aliphatic heterocycles. The number of aromatic nitrogens is 5. The molecule has 46 heavy (non-hydrogen) atoms. The van der Waals surface area contributed by atoms with Gasteiger partial charge in [0.25, 0.3) is 11.8 Å². The molecule has 2 amide bonds. The van der Waals surface area contributed by atoms with E-state index in [0.29, 0.717) is 38.6 Å². The molecule has 2 aliphatic rings. The topological polar surface area (TPSA) is 158 Å². The van der Waals surface area contributed by atoms with Gasteiger partial charge < -0.3 is 15.8 Å². The van der Waals surface area contributed by atoms with Crippen LogP contribution in [0.2, 0.25) is 0 Å². The van der Waals surface area contributed by atoms with Crippen molar-refractivity contribution < 1.29 is 19.1 Å². The number of rotatable bonds is 11. The first-order valence-corrected chi connectivity index (χ1v) is 18.1. The fraction of sp³-hybridized carbons (Fsp3) is 0.233. The number of tetrazole rings is 1. The van der Waals surface area contributed by atoms with Gasteiger partial charge in [-0.05, 0) is 38.8 Å². The number of carbonyl (C=O) groups excluding carboxylic acids is 3. The first-order valence-electron chi connectivity index (χ1n) is 13.9. The third-order valence-electron chi connectivity index (χ3n) is 7.19. The summed E-state index contributed by atoms with van der Waals surface area (Å²) in [6.45, 7) is 0. The molecule has 1 fully saturated rings. The normalized spacial score (nSPS) is 17.9. The van der Waals surface area contributed by atoms with E-state index in [1.54, 1.807) is 22.5 Å². The predicted molar refractivity (Wildman–Crippen MR) is 180 cm³/mol. The van der Waals surface area contributed by atoms with E-state index in [0.717, 1.165) is 11.1 Å². The largest absolute Gasteiger partial charge is 0.448 e. The Morgan fingerprint density at radius 3 is 2.43 bits per heavy atom. The summed E-state index contributed by atoms with van der Waals surface area (Å²) in [5, 5.41) is 18.2. The number of β-lactam (4-membered cyclic amide) rings is 1. The molecule has 3 N–H and O–H groups in total. The number of hydrogen-bond donors (Lipinski definition) is 2. The minimum absolute atomic E-state index is 0.172. The Morgan fingerprint density at radius 2 is 1.85 bits per heavy atom. The number of thioether (sulfide) groups is 3. The second kappa shape index (κ2) is 14.1. The lowest BCUT2D eigenvalue weighted by Gasteiger charge is -2.49. The van der Waals surface area contributed by atoms with E-state index in [4.69, 9.17) is 10.5 Å². The summed E-state index contributed by atoms with van der Waals surface area (Å²) in [6.07, 6.45) is 1.12. The van der Waals surface area contributed by atoms with Crippen molar-refractivity contribution in [2.24, 2.45) is 7.05 Å². The van der Waals surface area contributed by atoms with Crippen LogP contribution in [0.4, 0.5) is 5.13 Å². The number of thiazole rings is 1. The molecule has 2 aromatic carbocycles. The van der Waals surface area contributed by atoms with Crippen molar-refractivity contribution in [1.82, 2.24) is 35.4 Å². The SMILES string of the molecule is CSC=C(C(=O)NC1C(=O)N2C(C(=O)OC(c3ccccc3)c3ccccc3)=C(CSc3nnnn3C)CS[C@@H]12)c1csc(N)n1. The Kier molecular flexibility index (Phi) is 9.77. The maximum absolute atomic E-state index is 14.2. The molecule has 2 aromatic heterocycles. The fourth-order valence-corrected chi connectivity index (χ4v) is 8.36. The van der Waals surface area contributed by atoms with Gasteiger partial charge in [-0.15, -0.1) is 40.0 Å². The van der Waals surface area contributed by atoms with Crippen LogP contribution in [0.1, 0.15) is 22.9 Å². The lowest BCUT2D eigenvalue weighted by Crippen LogP contribution is -2.70. The number of anilines is 1. The molecule has 2 atom stereocenters. The van der Waals surface area contributed by atoms with Crippen molar-refractivity contribution in [3.8, 4) is 0 Å². The molecule has 1 saturated heterocycles. The molecule has 0 spiro atoms. The quantitative estimate of drug-likeness (QED) is 0.102. The molecule has 0 aliphatic carbocycles. The number of nitrogen functional groups attached to an aromatic ring is 1. The van der Waals surface area contributed by atoms with Gasteiger partial charge in [0.1, 0.15) is 17.1 Å². The average Bonchev–Trinajstić information content (AvgIpc) is 3.70. The van der Waals surface area contributed by atoms with Gasteiger partial charge >= 0.3 is 5.97 Å². The first-order chi connectivity index (χ1) is 22.4. The minimum Gasteiger partial charge on any atom is -0.448 e. The Balaban J connectivity index is 1.29. The number of esters is 1. The second-order valence-electron chi connectivity index (χ2n) is 10.1. The number of amides is 2. The highest BCUT2D eigenvalue weighted by Gasteiger charge is 2.54. The Labute approximate surface area is 281 Å². The zero-order valence-electron chi connectivity index (χ0n) is 24.6. The maximum Gasteiger partial charge on any atom is 0.356 e. The summed E-state index contributed by atoms with van der Waals surface area (Å²) < 4.78 is 7.77. The third-order valence-corrected chi connectivity index (χ3v) is 10.8. The molecule has 4 heterocycles. The number of ether oxygens (including phenoxy) is 1. The van der Waals surface area contributed by atoms with Crippen LogP contribution in [0, 0.1) is 0 Å². The van der Waals surface area contributed by atoms with Gasteiger partial charge in [-0.1, -0.05) is 72.4 Å². The number of benzene rings is 2. The fourth-order valence-electron chi connectivity index (χ4n) is 5.00. The van der Waals surface area contributed by atoms with Gasteiger partial charge in [-0.2, -0.15) is 0 Å². The molecule has 6 rings (SSSR count). The first kappa shape index (κ1) is 31.8. The molecule has 12 nitrogen and oxygen atoms in total. The van der Waals surface area contributed by atoms with E-state index in [1.807, 2.05) is 66.9 Å². The summed E-state index contributed by atoms with van der Waals surface area (Å²) >= 11 is 5.40. The number of nitrogens with zero attached hydrogens (tertiary/aromatic N) is 6. The summed E-state index contributed by atoms with van der Waals surface area (Å²) in [6, 6.07) is 18.1. The van der Waals surface area contributed by atoms with E-state index >= 15 is 0 Å². The molecule has 0 bridgehead atoms.